The Kier molecular flexibility index (Phi) is 5.02. The van der Waals surface area contributed by atoms with Crippen LogP contribution < -0.4 is 26.2 Å². The number of hydrogen-bond acceptors (Lipinski definition) is 2. The lowest BCUT2D eigenvalue weighted by Crippen LogP contribution is -2.67. The average Bonchev–Trinajstić information content (AvgIpc) is 3.35. The Morgan fingerprint density at radius 2 is 1.31 bits per heavy atom. The molecule has 3 fully saturated rings. The summed E-state index contributed by atoms with van der Waals surface area (Å²) >= 11 is 0. The first-order valence-corrected chi connectivity index (χ1v) is 18.5. The van der Waals surface area contributed by atoms with E-state index < -0.39 is 0 Å². The Bertz CT molecular complexity index is 1820. The Hall–Kier alpha value is -2.68. The highest BCUT2D eigenvalue weighted by atomic mass is 15.3. The van der Waals surface area contributed by atoms with Crippen molar-refractivity contribution in [3.63, 3.8) is 0 Å². The van der Waals surface area contributed by atoms with Crippen LogP contribution in [0, 0.1) is 11.8 Å². The molecule has 0 N–H and O–H groups in total. The maximum absolute atomic E-state index is 2.94. The SMILES string of the molecule is CC(C)(C)c1ccc2c3c1C1(C)CCCCC1(C)N3c1cccc3c1B2c1cccc2c1N3C1(C)CC3CCCCC3CC21C. The second-order valence-electron chi connectivity index (χ2n) is 18.4. The number of para-hydroxylation sites is 1. The molecule has 0 aromatic heterocycles. The number of hydrogen-bond donors (Lipinski definition) is 0. The molecule has 2 nitrogen and oxygen atoms in total. The molecule has 4 heterocycles. The number of nitrogens with zero attached hydrogens (tertiary/aromatic N) is 2. The normalized spacial score (nSPS) is 36.6. The van der Waals surface area contributed by atoms with E-state index in [4.69, 9.17) is 0 Å². The van der Waals surface area contributed by atoms with E-state index in [9.17, 15) is 0 Å². The number of benzene rings is 3. The second kappa shape index (κ2) is 8.24. The van der Waals surface area contributed by atoms with Crippen molar-refractivity contribution in [3.8, 4) is 0 Å². The van der Waals surface area contributed by atoms with Crippen LogP contribution in [0.25, 0.3) is 0 Å². The standard InChI is InChI=1S/C42H51BN2/c1-38(2,3)28-20-21-31-37-34(28)39(4)22-10-11-23-41(39,6)45(37)33-19-13-18-32-35(33)43(31)30-17-12-16-29-36(30)44(32)42(7)25-27-15-9-8-14-26(27)24-40(29,42)5/h12-13,16-21,26-27H,8-11,14-15,22-25H2,1-7H3. The number of rotatable bonds is 0. The zero-order valence-corrected chi connectivity index (χ0v) is 28.8. The first kappa shape index (κ1) is 27.4. The molecule has 10 rings (SSSR count). The molecule has 0 spiro atoms. The van der Waals surface area contributed by atoms with E-state index >= 15 is 0 Å². The van der Waals surface area contributed by atoms with Gasteiger partial charge in [-0.15, -0.1) is 0 Å². The lowest BCUT2D eigenvalue weighted by molar-refractivity contribution is 0.0581. The molecule has 232 valence electrons. The lowest BCUT2D eigenvalue weighted by atomic mass is 9.33. The van der Waals surface area contributed by atoms with E-state index in [1.165, 1.54) is 75.6 Å². The first-order chi connectivity index (χ1) is 21.4. The molecule has 6 unspecified atom stereocenters. The molecular formula is C42H51BN2. The molecule has 4 aliphatic heterocycles. The summed E-state index contributed by atoms with van der Waals surface area (Å²) in [4.78, 5) is 5.86. The Morgan fingerprint density at radius 1 is 0.667 bits per heavy atom. The minimum Gasteiger partial charge on any atom is -0.335 e. The van der Waals surface area contributed by atoms with Crippen LogP contribution >= 0.6 is 0 Å². The van der Waals surface area contributed by atoms with Crippen LogP contribution in [0.3, 0.4) is 0 Å². The van der Waals surface area contributed by atoms with Gasteiger partial charge in [-0.3, -0.25) is 0 Å². The average molecular weight is 595 g/mol. The summed E-state index contributed by atoms with van der Waals surface area (Å²) < 4.78 is 0. The third-order valence-electron chi connectivity index (χ3n) is 15.5. The van der Waals surface area contributed by atoms with Crippen LogP contribution in [0.2, 0.25) is 0 Å². The van der Waals surface area contributed by atoms with Crippen LogP contribution in [0.1, 0.15) is 129 Å². The summed E-state index contributed by atoms with van der Waals surface area (Å²) in [7, 11) is 0. The third-order valence-corrected chi connectivity index (χ3v) is 15.5. The van der Waals surface area contributed by atoms with E-state index in [-0.39, 0.29) is 27.3 Å². The Labute approximate surface area is 272 Å². The van der Waals surface area contributed by atoms with Crippen LogP contribution in [-0.4, -0.2) is 17.8 Å². The van der Waals surface area contributed by atoms with Crippen LogP contribution in [0.15, 0.2) is 48.5 Å². The second-order valence-corrected chi connectivity index (χ2v) is 18.4. The predicted octanol–water partition coefficient (Wildman–Crippen LogP) is 8.64. The molecule has 3 saturated carbocycles. The van der Waals surface area contributed by atoms with Gasteiger partial charge in [0.15, 0.2) is 0 Å². The molecule has 3 aliphatic carbocycles. The van der Waals surface area contributed by atoms with Crippen molar-refractivity contribution in [2.75, 3.05) is 9.80 Å². The monoisotopic (exact) mass is 594 g/mol. The molecule has 45 heavy (non-hydrogen) atoms. The summed E-state index contributed by atoms with van der Waals surface area (Å²) in [5, 5.41) is 0. The van der Waals surface area contributed by atoms with Crippen molar-refractivity contribution < 1.29 is 0 Å². The molecule has 3 aromatic rings. The van der Waals surface area contributed by atoms with Crippen molar-refractivity contribution in [1.82, 2.24) is 0 Å². The van der Waals surface area contributed by atoms with Gasteiger partial charge < -0.3 is 9.80 Å². The number of anilines is 4. The van der Waals surface area contributed by atoms with Crippen LogP contribution in [0.5, 0.6) is 0 Å². The van der Waals surface area contributed by atoms with Gasteiger partial charge in [-0.2, -0.15) is 0 Å². The fourth-order valence-electron chi connectivity index (χ4n) is 13.0. The summed E-state index contributed by atoms with van der Waals surface area (Å²) in [6.07, 6.45) is 13.6. The van der Waals surface area contributed by atoms with Crippen LogP contribution in [-0.2, 0) is 16.2 Å². The zero-order chi connectivity index (χ0) is 30.9. The summed E-state index contributed by atoms with van der Waals surface area (Å²) in [5.41, 5.74) is 16.4. The topological polar surface area (TPSA) is 6.48 Å². The van der Waals surface area contributed by atoms with Gasteiger partial charge in [0.1, 0.15) is 0 Å². The molecular weight excluding hydrogens is 543 g/mol. The highest BCUT2D eigenvalue weighted by Gasteiger charge is 2.66. The highest BCUT2D eigenvalue weighted by Crippen LogP contribution is 2.67. The molecule has 0 radical (unpaired) electrons. The minimum absolute atomic E-state index is 0.0789. The van der Waals surface area contributed by atoms with Gasteiger partial charge in [-0.05, 0) is 102 Å². The van der Waals surface area contributed by atoms with Crippen molar-refractivity contribution >= 4 is 45.9 Å². The van der Waals surface area contributed by atoms with E-state index in [1.54, 1.807) is 44.5 Å². The van der Waals surface area contributed by atoms with Crippen molar-refractivity contribution in [2.24, 2.45) is 11.8 Å². The van der Waals surface area contributed by atoms with Gasteiger partial charge >= 0.3 is 0 Å². The van der Waals surface area contributed by atoms with E-state index in [2.05, 4.69) is 107 Å². The predicted molar refractivity (Wildman–Crippen MR) is 192 cm³/mol. The zero-order valence-electron chi connectivity index (χ0n) is 28.8. The summed E-state index contributed by atoms with van der Waals surface area (Å²) in [6, 6.07) is 20.1. The van der Waals surface area contributed by atoms with Gasteiger partial charge in [0.2, 0.25) is 0 Å². The molecule has 0 amide bonds. The largest absolute Gasteiger partial charge is 0.335 e. The third kappa shape index (κ3) is 2.90. The molecule has 7 aliphatic rings. The molecule has 0 bridgehead atoms. The Morgan fingerprint density at radius 3 is 2.04 bits per heavy atom. The maximum Gasteiger partial charge on any atom is 0.252 e. The fourth-order valence-corrected chi connectivity index (χ4v) is 13.0. The summed E-state index contributed by atoms with van der Waals surface area (Å²) in [6.45, 7) is 18.2. The van der Waals surface area contributed by atoms with Crippen molar-refractivity contribution in [2.45, 2.75) is 140 Å². The minimum atomic E-state index is 0.0789. The molecule has 3 heteroatoms. The summed E-state index contributed by atoms with van der Waals surface area (Å²) in [5.74, 6) is 1.75. The lowest BCUT2D eigenvalue weighted by Gasteiger charge is -2.57. The maximum atomic E-state index is 2.94. The van der Waals surface area contributed by atoms with Crippen LogP contribution in [0.4, 0.5) is 22.7 Å². The van der Waals surface area contributed by atoms with E-state index in [0.717, 1.165) is 11.8 Å². The van der Waals surface area contributed by atoms with E-state index in [0.29, 0.717) is 6.71 Å². The highest BCUT2D eigenvalue weighted by molar-refractivity contribution is 7.00. The van der Waals surface area contributed by atoms with Gasteiger partial charge in [0, 0.05) is 33.6 Å². The fraction of sp³-hybridized carbons (Fsp3) is 0.571. The Balaban J connectivity index is 1.29. The van der Waals surface area contributed by atoms with Gasteiger partial charge in [-0.1, -0.05) is 110 Å². The van der Waals surface area contributed by atoms with Gasteiger partial charge in [-0.25, -0.2) is 0 Å². The van der Waals surface area contributed by atoms with Crippen molar-refractivity contribution in [3.05, 3.63) is 65.2 Å². The first-order valence-electron chi connectivity index (χ1n) is 18.5. The van der Waals surface area contributed by atoms with Crippen molar-refractivity contribution in [1.29, 1.82) is 0 Å². The quantitative estimate of drug-likeness (QED) is 0.241. The molecule has 0 saturated heterocycles. The smallest absolute Gasteiger partial charge is 0.252 e. The number of fused-ring (bicyclic) bond motifs is 11. The molecule has 3 aromatic carbocycles. The van der Waals surface area contributed by atoms with E-state index in [1.807, 2.05) is 0 Å². The van der Waals surface area contributed by atoms with Gasteiger partial charge in [0.25, 0.3) is 6.71 Å². The van der Waals surface area contributed by atoms with Gasteiger partial charge in [0.05, 0.1) is 11.1 Å². The molecule has 6 atom stereocenters.